The zero-order chi connectivity index (χ0) is 14.9. The normalized spacial score (nSPS) is 11.6. The summed E-state index contributed by atoms with van der Waals surface area (Å²) in [6.07, 6.45) is 1.74. The predicted octanol–water partition coefficient (Wildman–Crippen LogP) is 3.18. The molecule has 0 bridgehead atoms. The molecule has 2 aromatic rings. The maximum atomic E-state index is 12.7. The van der Waals surface area contributed by atoms with E-state index in [0.29, 0.717) is 17.9 Å². The van der Waals surface area contributed by atoms with Gasteiger partial charge >= 0.3 is 0 Å². The Bertz CT molecular complexity index is 649. The van der Waals surface area contributed by atoms with Gasteiger partial charge in [0.1, 0.15) is 5.69 Å². The van der Waals surface area contributed by atoms with Crippen molar-refractivity contribution in [2.24, 2.45) is 0 Å². The predicted molar refractivity (Wildman–Crippen MR) is 83.7 cm³/mol. The molecule has 0 aliphatic carbocycles. The Morgan fingerprint density at radius 2 is 2.10 bits per heavy atom. The number of nitrogens with zero attached hydrogens (tertiary/aromatic N) is 1. The zero-order valence-corrected chi connectivity index (χ0v) is 12.2. The van der Waals surface area contributed by atoms with Crippen molar-refractivity contribution in [2.75, 3.05) is 12.3 Å². The second-order valence-corrected chi connectivity index (χ2v) is 5.90. The maximum absolute atomic E-state index is 12.7. The van der Waals surface area contributed by atoms with Gasteiger partial charge < -0.3 is 15.6 Å². The molecule has 1 aromatic carbocycles. The van der Waals surface area contributed by atoms with E-state index in [1.807, 2.05) is 45.0 Å². The van der Waals surface area contributed by atoms with Crippen LogP contribution in [0.25, 0.3) is 10.9 Å². The van der Waals surface area contributed by atoms with E-state index in [2.05, 4.69) is 11.6 Å². The summed E-state index contributed by atoms with van der Waals surface area (Å²) >= 11 is 0. The molecule has 0 fully saturated rings. The molecule has 1 aromatic heterocycles. The summed E-state index contributed by atoms with van der Waals surface area (Å²) in [6.45, 7) is 10.3. The Morgan fingerprint density at radius 3 is 2.70 bits per heavy atom. The number of fused-ring (bicyclic) bond motifs is 1. The average molecular weight is 271 g/mol. The second-order valence-electron chi connectivity index (χ2n) is 5.90. The van der Waals surface area contributed by atoms with Crippen LogP contribution in [-0.4, -0.2) is 27.9 Å². The lowest BCUT2D eigenvalue weighted by molar-refractivity contribution is 0.0611. The number of carbonyl (C=O) groups excluding carboxylic acids is 1. The largest absolute Gasteiger partial charge is 0.399 e. The van der Waals surface area contributed by atoms with Crippen LogP contribution in [-0.2, 0) is 0 Å². The Hall–Kier alpha value is -2.23. The Balaban J connectivity index is 2.41. The third kappa shape index (κ3) is 2.69. The number of aromatic amines is 1. The lowest BCUT2D eigenvalue weighted by Gasteiger charge is -2.34. The van der Waals surface area contributed by atoms with Crippen LogP contribution in [0.2, 0.25) is 0 Å². The van der Waals surface area contributed by atoms with Gasteiger partial charge in [0.25, 0.3) is 5.91 Å². The van der Waals surface area contributed by atoms with Gasteiger partial charge in [-0.3, -0.25) is 4.79 Å². The minimum absolute atomic E-state index is 0.0350. The quantitative estimate of drug-likeness (QED) is 0.665. The Labute approximate surface area is 119 Å². The molecule has 1 amide bonds. The van der Waals surface area contributed by atoms with Crippen molar-refractivity contribution >= 4 is 22.5 Å². The molecule has 0 unspecified atom stereocenters. The number of H-pyrrole nitrogens is 1. The lowest BCUT2D eigenvalue weighted by Crippen LogP contribution is -2.45. The summed E-state index contributed by atoms with van der Waals surface area (Å²) in [5.74, 6) is -0.0350. The number of anilines is 1. The summed E-state index contributed by atoms with van der Waals surface area (Å²) in [6, 6.07) is 7.40. The van der Waals surface area contributed by atoms with Gasteiger partial charge in [0, 0.05) is 28.7 Å². The zero-order valence-electron chi connectivity index (χ0n) is 12.2. The molecule has 0 aliphatic heterocycles. The molecule has 0 radical (unpaired) electrons. The summed E-state index contributed by atoms with van der Waals surface area (Å²) < 4.78 is 0. The van der Waals surface area contributed by atoms with E-state index in [-0.39, 0.29) is 11.4 Å². The highest BCUT2D eigenvalue weighted by atomic mass is 16.2. The molecule has 20 heavy (non-hydrogen) atoms. The number of nitrogens with two attached hydrogens (primary N) is 1. The SMILES string of the molecule is C=CCN(C(=O)c1cc2cc(N)ccc2[nH]1)C(C)(C)C. The Kier molecular flexibility index (Phi) is 3.57. The average Bonchev–Trinajstić information content (AvgIpc) is 2.76. The fourth-order valence-corrected chi connectivity index (χ4v) is 2.20. The first kappa shape index (κ1) is 14.2. The van der Waals surface area contributed by atoms with Crippen molar-refractivity contribution in [1.29, 1.82) is 0 Å². The lowest BCUT2D eigenvalue weighted by atomic mass is 10.1. The smallest absolute Gasteiger partial charge is 0.271 e. The molecule has 0 saturated carbocycles. The van der Waals surface area contributed by atoms with Gasteiger partial charge in [-0.2, -0.15) is 0 Å². The minimum atomic E-state index is -0.262. The molecular formula is C16H21N3O. The summed E-state index contributed by atoms with van der Waals surface area (Å²) in [5, 5.41) is 0.945. The fourth-order valence-electron chi connectivity index (χ4n) is 2.20. The van der Waals surface area contributed by atoms with Crippen molar-refractivity contribution in [2.45, 2.75) is 26.3 Å². The monoisotopic (exact) mass is 271 g/mol. The Morgan fingerprint density at radius 1 is 1.40 bits per heavy atom. The third-order valence-electron chi connectivity index (χ3n) is 3.24. The van der Waals surface area contributed by atoms with Crippen LogP contribution in [0.3, 0.4) is 0 Å². The molecular weight excluding hydrogens is 250 g/mol. The highest BCUT2D eigenvalue weighted by Crippen LogP contribution is 2.22. The second kappa shape index (κ2) is 5.04. The van der Waals surface area contributed by atoms with Gasteiger partial charge in [-0.1, -0.05) is 6.08 Å². The number of nitrogen functional groups attached to an aromatic ring is 1. The highest BCUT2D eigenvalue weighted by molar-refractivity contribution is 5.99. The van der Waals surface area contributed by atoms with E-state index in [0.717, 1.165) is 10.9 Å². The molecule has 0 atom stereocenters. The van der Waals surface area contributed by atoms with Gasteiger partial charge in [-0.05, 0) is 45.0 Å². The van der Waals surface area contributed by atoms with Gasteiger partial charge in [0.05, 0.1) is 0 Å². The first-order valence-corrected chi connectivity index (χ1v) is 6.64. The molecule has 0 spiro atoms. The van der Waals surface area contributed by atoms with E-state index < -0.39 is 0 Å². The number of hydrogen-bond donors (Lipinski definition) is 2. The van der Waals surface area contributed by atoms with Gasteiger partial charge in [0.15, 0.2) is 0 Å². The first-order chi connectivity index (χ1) is 9.32. The molecule has 0 saturated heterocycles. The molecule has 4 nitrogen and oxygen atoms in total. The molecule has 2 rings (SSSR count). The minimum Gasteiger partial charge on any atom is -0.399 e. The summed E-state index contributed by atoms with van der Waals surface area (Å²) in [4.78, 5) is 17.6. The van der Waals surface area contributed by atoms with Crippen molar-refractivity contribution in [3.8, 4) is 0 Å². The molecule has 3 N–H and O–H groups in total. The molecule has 106 valence electrons. The number of aromatic nitrogens is 1. The van der Waals surface area contributed by atoms with Crippen molar-refractivity contribution in [1.82, 2.24) is 9.88 Å². The highest BCUT2D eigenvalue weighted by Gasteiger charge is 2.27. The van der Waals surface area contributed by atoms with E-state index in [1.165, 1.54) is 0 Å². The number of benzene rings is 1. The molecule has 1 heterocycles. The van der Waals surface area contributed by atoms with Crippen LogP contribution in [0.15, 0.2) is 36.9 Å². The van der Waals surface area contributed by atoms with Crippen LogP contribution < -0.4 is 5.73 Å². The van der Waals surface area contributed by atoms with Crippen molar-refractivity contribution in [3.63, 3.8) is 0 Å². The first-order valence-electron chi connectivity index (χ1n) is 6.64. The number of carbonyl (C=O) groups is 1. The van der Waals surface area contributed by atoms with Crippen LogP contribution in [0.4, 0.5) is 5.69 Å². The number of hydrogen-bond acceptors (Lipinski definition) is 2. The third-order valence-corrected chi connectivity index (χ3v) is 3.24. The van der Waals surface area contributed by atoms with E-state index in [1.54, 1.807) is 11.0 Å². The van der Waals surface area contributed by atoms with Crippen LogP contribution in [0, 0.1) is 0 Å². The van der Waals surface area contributed by atoms with Crippen molar-refractivity contribution < 1.29 is 4.79 Å². The molecule has 0 aliphatic rings. The standard InChI is InChI=1S/C16H21N3O/c1-5-8-19(16(2,3)4)15(20)14-10-11-9-12(17)6-7-13(11)18-14/h5-7,9-10,18H,1,8,17H2,2-4H3. The number of amides is 1. The number of nitrogens with one attached hydrogen (secondary N) is 1. The van der Waals surface area contributed by atoms with Crippen molar-refractivity contribution in [3.05, 3.63) is 42.6 Å². The van der Waals surface area contributed by atoms with E-state index >= 15 is 0 Å². The number of rotatable bonds is 3. The van der Waals surface area contributed by atoms with E-state index in [4.69, 9.17) is 5.73 Å². The van der Waals surface area contributed by atoms with Gasteiger partial charge in [-0.15, -0.1) is 6.58 Å². The van der Waals surface area contributed by atoms with Gasteiger partial charge in [-0.25, -0.2) is 0 Å². The van der Waals surface area contributed by atoms with Crippen LogP contribution in [0.5, 0.6) is 0 Å². The molecule has 4 heteroatoms. The summed E-state index contributed by atoms with van der Waals surface area (Å²) in [5.41, 5.74) is 7.67. The maximum Gasteiger partial charge on any atom is 0.271 e. The topological polar surface area (TPSA) is 62.1 Å². The summed E-state index contributed by atoms with van der Waals surface area (Å²) in [7, 11) is 0. The van der Waals surface area contributed by atoms with Gasteiger partial charge in [0.2, 0.25) is 0 Å². The fraction of sp³-hybridized carbons (Fsp3) is 0.312. The van der Waals surface area contributed by atoms with Crippen LogP contribution >= 0.6 is 0 Å². The van der Waals surface area contributed by atoms with E-state index in [9.17, 15) is 4.79 Å². The van der Waals surface area contributed by atoms with Crippen LogP contribution in [0.1, 0.15) is 31.3 Å².